The highest BCUT2D eigenvalue weighted by Gasteiger charge is 2.35. The molecule has 1 heterocycles. The summed E-state index contributed by atoms with van der Waals surface area (Å²) in [5.74, 6) is -1.34. The van der Waals surface area contributed by atoms with Crippen LogP contribution in [0.15, 0.2) is 6.07 Å². The van der Waals surface area contributed by atoms with E-state index in [4.69, 9.17) is 0 Å². The Bertz CT molecular complexity index is 350. The Morgan fingerprint density at radius 2 is 1.87 bits per heavy atom. The van der Waals surface area contributed by atoms with Crippen LogP contribution in [0.3, 0.4) is 0 Å². The molecule has 0 atom stereocenters. The van der Waals surface area contributed by atoms with E-state index in [0.29, 0.717) is 5.69 Å². The average molecular weight is 220 g/mol. The number of methoxy groups -OCH3 is 1. The van der Waals surface area contributed by atoms with Crippen LogP contribution in [0.5, 0.6) is 5.88 Å². The highest BCUT2D eigenvalue weighted by molar-refractivity contribution is 5.19. The predicted octanol–water partition coefficient (Wildman–Crippen LogP) is 2.63. The van der Waals surface area contributed by atoms with Gasteiger partial charge in [-0.1, -0.05) is 13.8 Å². The van der Waals surface area contributed by atoms with Gasteiger partial charge < -0.3 is 4.74 Å². The van der Waals surface area contributed by atoms with Gasteiger partial charge in [-0.2, -0.15) is 18.2 Å². The first-order valence-electron chi connectivity index (χ1n) is 4.34. The summed E-state index contributed by atoms with van der Waals surface area (Å²) in [5.41, 5.74) is 0.314. The van der Waals surface area contributed by atoms with Gasteiger partial charge in [0.2, 0.25) is 11.7 Å². The molecule has 0 N–H and O–H groups in total. The summed E-state index contributed by atoms with van der Waals surface area (Å²) in [4.78, 5) is 6.68. The smallest absolute Gasteiger partial charge is 0.451 e. The average Bonchev–Trinajstić information content (AvgIpc) is 2.15. The fourth-order valence-corrected chi connectivity index (χ4v) is 0.970. The molecule has 0 aliphatic rings. The van der Waals surface area contributed by atoms with Crippen LogP contribution in [0, 0.1) is 0 Å². The molecule has 0 aliphatic heterocycles. The molecular formula is C9H11F3N2O. The summed E-state index contributed by atoms with van der Waals surface area (Å²) in [6.45, 7) is 3.50. The van der Waals surface area contributed by atoms with Crippen molar-refractivity contribution in [1.29, 1.82) is 0 Å². The first-order valence-corrected chi connectivity index (χ1v) is 4.34. The number of ether oxygens (including phenoxy) is 1. The summed E-state index contributed by atoms with van der Waals surface area (Å²) >= 11 is 0. The molecule has 6 heteroatoms. The van der Waals surface area contributed by atoms with E-state index in [9.17, 15) is 13.2 Å². The van der Waals surface area contributed by atoms with Crippen LogP contribution < -0.4 is 4.74 Å². The molecule has 1 rings (SSSR count). The van der Waals surface area contributed by atoms with Crippen LogP contribution in [-0.2, 0) is 6.18 Å². The molecule has 0 spiro atoms. The molecule has 3 nitrogen and oxygen atoms in total. The Labute approximate surface area is 85.3 Å². The summed E-state index contributed by atoms with van der Waals surface area (Å²) in [5, 5.41) is 0. The lowest BCUT2D eigenvalue weighted by molar-refractivity contribution is -0.145. The van der Waals surface area contributed by atoms with E-state index < -0.39 is 12.0 Å². The van der Waals surface area contributed by atoms with Gasteiger partial charge in [-0.3, -0.25) is 0 Å². The number of nitrogens with zero attached hydrogens (tertiary/aromatic N) is 2. The van der Waals surface area contributed by atoms with Crippen LogP contribution in [-0.4, -0.2) is 17.1 Å². The maximum absolute atomic E-state index is 12.4. The van der Waals surface area contributed by atoms with Crippen molar-refractivity contribution in [3.63, 3.8) is 0 Å². The Hall–Kier alpha value is -1.33. The SMILES string of the molecule is COc1cc(C(C)C)nc(C(F)(F)F)n1. The van der Waals surface area contributed by atoms with E-state index in [0.717, 1.165) is 0 Å². The third-order valence-electron chi connectivity index (χ3n) is 1.78. The van der Waals surface area contributed by atoms with Gasteiger partial charge >= 0.3 is 6.18 Å². The Kier molecular flexibility index (Phi) is 3.16. The third-order valence-corrected chi connectivity index (χ3v) is 1.78. The third kappa shape index (κ3) is 2.81. The number of alkyl halides is 3. The van der Waals surface area contributed by atoms with E-state index in [1.54, 1.807) is 13.8 Å². The van der Waals surface area contributed by atoms with Gasteiger partial charge in [-0.25, -0.2) is 4.98 Å². The first kappa shape index (κ1) is 11.7. The van der Waals surface area contributed by atoms with Crippen molar-refractivity contribution in [3.05, 3.63) is 17.6 Å². The molecule has 0 saturated carbocycles. The minimum Gasteiger partial charge on any atom is -0.481 e. The van der Waals surface area contributed by atoms with Crippen LogP contribution >= 0.6 is 0 Å². The maximum atomic E-state index is 12.4. The van der Waals surface area contributed by atoms with Crippen LogP contribution in [0.2, 0.25) is 0 Å². The Morgan fingerprint density at radius 3 is 2.27 bits per heavy atom. The highest BCUT2D eigenvalue weighted by Crippen LogP contribution is 2.29. The topological polar surface area (TPSA) is 35.0 Å². The lowest BCUT2D eigenvalue weighted by Gasteiger charge is -2.10. The second kappa shape index (κ2) is 4.04. The highest BCUT2D eigenvalue weighted by atomic mass is 19.4. The van der Waals surface area contributed by atoms with Gasteiger partial charge in [0.05, 0.1) is 12.8 Å². The molecule has 15 heavy (non-hydrogen) atoms. The predicted molar refractivity (Wildman–Crippen MR) is 47.7 cm³/mol. The zero-order chi connectivity index (χ0) is 11.6. The monoisotopic (exact) mass is 220 g/mol. The number of halogens is 3. The van der Waals surface area contributed by atoms with E-state index in [1.807, 2.05) is 0 Å². The van der Waals surface area contributed by atoms with Gasteiger partial charge in [0.25, 0.3) is 0 Å². The molecule has 0 fully saturated rings. The standard InChI is InChI=1S/C9H11F3N2O/c1-5(2)6-4-7(15-3)14-8(13-6)9(10,11)12/h4-5H,1-3H3. The van der Waals surface area contributed by atoms with Gasteiger partial charge in [0.15, 0.2) is 0 Å². The molecule has 0 aliphatic carbocycles. The molecular weight excluding hydrogens is 209 g/mol. The minimum absolute atomic E-state index is 0.0685. The molecule has 0 aromatic carbocycles. The fourth-order valence-electron chi connectivity index (χ4n) is 0.970. The lowest BCUT2D eigenvalue weighted by atomic mass is 10.1. The summed E-state index contributed by atoms with van der Waals surface area (Å²) in [7, 11) is 1.27. The molecule has 0 amide bonds. The Balaban J connectivity index is 3.23. The number of rotatable bonds is 2. The zero-order valence-electron chi connectivity index (χ0n) is 8.59. The Morgan fingerprint density at radius 1 is 1.27 bits per heavy atom. The van der Waals surface area contributed by atoms with Crippen LogP contribution in [0.1, 0.15) is 31.3 Å². The van der Waals surface area contributed by atoms with Gasteiger partial charge in [-0.15, -0.1) is 0 Å². The van der Waals surface area contributed by atoms with E-state index in [2.05, 4.69) is 14.7 Å². The van der Waals surface area contributed by atoms with Crippen molar-refractivity contribution in [3.8, 4) is 5.88 Å². The van der Waals surface area contributed by atoms with E-state index >= 15 is 0 Å². The minimum atomic E-state index is -4.54. The number of hydrogen-bond acceptors (Lipinski definition) is 3. The van der Waals surface area contributed by atoms with Crippen molar-refractivity contribution in [2.45, 2.75) is 25.9 Å². The normalized spacial score (nSPS) is 11.9. The molecule has 0 saturated heterocycles. The number of hydrogen-bond donors (Lipinski definition) is 0. The molecule has 0 unspecified atom stereocenters. The van der Waals surface area contributed by atoms with Crippen molar-refractivity contribution in [2.75, 3.05) is 7.11 Å². The second-order valence-electron chi connectivity index (χ2n) is 3.31. The second-order valence-corrected chi connectivity index (χ2v) is 3.31. The molecule has 0 bridgehead atoms. The van der Waals surface area contributed by atoms with Crippen molar-refractivity contribution < 1.29 is 17.9 Å². The molecule has 0 radical (unpaired) electrons. The van der Waals surface area contributed by atoms with Crippen LogP contribution in [0.25, 0.3) is 0 Å². The lowest BCUT2D eigenvalue weighted by Crippen LogP contribution is -2.13. The van der Waals surface area contributed by atoms with Crippen molar-refractivity contribution in [1.82, 2.24) is 9.97 Å². The molecule has 84 valence electrons. The van der Waals surface area contributed by atoms with E-state index in [1.165, 1.54) is 13.2 Å². The fraction of sp³-hybridized carbons (Fsp3) is 0.556. The first-order chi connectivity index (χ1) is 6.84. The summed E-state index contributed by atoms with van der Waals surface area (Å²) in [6.07, 6.45) is -4.54. The van der Waals surface area contributed by atoms with Crippen molar-refractivity contribution in [2.24, 2.45) is 0 Å². The zero-order valence-corrected chi connectivity index (χ0v) is 8.59. The van der Waals surface area contributed by atoms with Gasteiger partial charge in [0, 0.05) is 6.07 Å². The summed E-state index contributed by atoms with van der Waals surface area (Å²) < 4.78 is 41.8. The van der Waals surface area contributed by atoms with Gasteiger partial charge in [-0.05, 0) is 5.92 Å². The largest absolute Gasteiger partial charge is 0.481 e. The maximum Gasteiger partial charge on any atom is 0.451 e. The molecule has 1 aromatic heterocycles. The van der Waals surface area contributed by atoms with E-state index in [-0.39, 0.29) is 11.8 Å². The quantitative estimate of drug-likeness (QED) is 0.768. The van der Waals surface area contributed by atoms with Crippen LogP contribution in [0.4, 0.5) is 13.2 Å². The molecule has 1 aromatic rings. The summed E-state index contributed by atoms with van der Waals surface area (Å²) in [6, 6.07) is 1.40. The number of aromatic nitrogens is 2. The van der Waals surface area contributed by atoms with Gasteiger partial charge in [0.1, 0.15) is 0 Å². The van der Waals surface area contributed by atoms with Crippen molar-refractivity contribution >= 4 is 0 Å².